The van der Waals surface area contributed by atoms with Crippen molar-refractivity contribution in [2.75, 3.05) is 42.6 Å². The van der Waals surface area contributed by atoms with Crippen LogP contribution in [0.5, 0.6) is 5.75 Å². The first-order valence-corrected chi connectivity index (χ1v) is 14.1. The fourth-order valence-corrected chi connectivity index (χ4v) is 6.15. The van der Waals surface area contributed by atoms with Gasteiger partial charge in [-0.3, -0.25) is 9.69 Å². The summed E-state index contributed by atoms with van der Waals surface area (Å²) in [5.41, 5.74) is -1.30. The van der Waals surface area contributed by atoms with Crippen molar-refractivity contribution in [1.82, 2.24) is 9.55 Å². The van der Waals surface area contributed by atoms with E-state index < -0.39 is 77.0 Å². The molecule has 0 saturated carbocycles. The number of carbonyl (C=O) groups is 2. The first-order chi connectivity index (χ1) is 20.9. The molecule has 0 unspecified atom stereocenters. The van der Waals surface area contributed by atoms with Crippen LogP contribution >= 0.6 is 0 Å². The Hall–Kier alpha value is -4.37. The number of halogens is 3. The number of benzene rings is 1. The lowest BCUT2D eigenvalue weighted by Gasteiger charge is -2.40. The molecule has 3 aromatic rings. The molecule has 2 saturated heterocycles. The zero-order valence-corrected chi connectivity index (χ0v) is 23.6. The number of hydrogen-bond donors (Lipinski definition) is 3. The third-order valence-corrected chi connectivity index (χ3v) is 8.61. The number of aromatic nitrogens is 2. The Morgan fingerprint density at radius 1 is 1.20 bits per heavy atom. The van der Waals surface area contributed by atoms with Crippen molar-refractivity contribution in [2.45, 2.75) is 50.4 Å². The summed E-state index contributed by atoms with van der Waals surface area (Å²) < 4.78 is 57.2. The van der Waals surface area contributed by atoms with E-state index in [9.17, 15) is 33.4 Å². The molecule has 2 aromatic heterocycles. The second-order valence-electron chi connectivity index (χ2n) is 11.4. The number of ether oxygens (including phenoxy) is 2. The molecule has 1 aromatic carbocycles. The predicted octanol–water partition coefficient (Wildman–Crippen LogP) is 2.75. The number of aliphatic hydroxyl groups excluding tert-OH is 1. The Balaban J connectivity index is 1.19. The Morgan fingerprint density at radius 3 is 2.59 bits per heavy atom. The molecule has 44 heavy (non-hydrogen) atoms. The summed E-state index contributed by atoms with van der Waals surface area (Å²) in [5.74, 6) is -6.13. The Bertz CT molecular complexity index is 1740. The van der Waals surface area contributed by atoms with E-state index in [0.29, 0.717) is 23.9 Å². The maximum Gasteiger partial charge on any atom is 0.416 e. The summed E-state index contributed by atoms with van der Waals surface area (Å²) in [6.07, 6.45) is 1.54. The number of pyridine rings is 2. The molecule has 2 atom stereocenters. The third-order valence-electron chi connectivity index (χ3n) is 8.61. The second kappa shape index (κ2) is 11.0. The number of anilines is 2. The summed E-state index contributed by atoms with van der Waals surface area (Å²) in [4.78, 5) is 42.8. The normalized spacial score (nSPS) is 21.1. The topological polar surface area (TPSA) is 155 Å². The SMILES string of the molecule is C[C@H]1CCc2c(N3CCC(O)(COc4cnc(N5C[C@H](CO)OC5=O)c(F)c4F)CC3)c(F)cc3c(=O)c(C(=O)O)cn1c23. The number of rotatable bonds is 7. The van der Waals surface area contributed by atoms with Gasteiger partial charge in [-0.25, -0.2) is 19.0 Å². The Morgan fingerprint density at radius 2 is 1.93 bits per heavy atom. The highest BCUT2D eigenvalue weighted by molar-refractivity contribution is 5.95. The number of aryl methyl sites for hydroxylation is 1. The minimum atomic E-state index is -1.47. The molecular weight excluding hydrogens is 589 g/mol. The average molecular weight is 619 g/mol. The van der Waals surface area contributed by atoms with Crippen molar-refractivity contribution < 1.29 is 47.6 Å². The summed E-state index contributed by atoms with van der Waals surface area (Å²) >= 11 is 0. The van der Waals surface area contributed by atoms with Crippen molar-refractivity contribution >= 4 is 34.5 Å². The van der Waals surface area contributed by atoms with Crippen LogP contribution in [0.2, 0.25) is 0 Å². The van der Waals surface area contributed by atoms with Crippen molar-refractivity contribution in [1.29, 1.82) is 0 Å². The van der Waals surface area contributed by atoms with E-state index in [0.717, 1.165) is 17.2 Å². The fourth-order valence-electron chi connectivity index (χ4n) is 6.15. The number of aromatic carboxylic acids is 1. The van der Waals surface area contributed by atoms with Crippen LogP contribution in [0, 0.1) is 17.5 Å². The molecule has 2 fully saturated rings. The zero-order chi connectivity index (χ0) is 31.5. The van der Waals surface area contributed by atoms with Gasteiger partial charge in [0.1, 0.15) is 29.7 Å². The van der Waals surface area contributed by atoms with Crippen LogP contribution in [0.15, 0.2) is 23.3 Å². The molecule has 0 radical (unpaired) electrons. The number of carboxylic acids is 1. The number of carboxylic acid groups (broad SMARTS) is 1. The highest BCUT2D eigenvalue weighted by Gasteiger charge is 2.38. The van der Waals surface area contributed by atoms with Crippen LogP contribution in [-0.2, 0) is 11.2 Å². The molecule has 0 bridgehead atoms. The van der Waals surface area contributed by atoms with Gasteiger partial charge in [-0.2, -0.15) is 8.78 Å². The summed E-state index contributed by atoms with van der Waals surface area (Å²) in [5, 5.41) is 29.8. The van der Waals surface area contributed by atoms with Crippen LogP contribution < -0.4 is 20.0 Å². The number of nitrogens with zero attached hydrogens (tertiary/aromatic N) is 4. The number of carbonyl (C=O) groups excluding carboxylic acids is 1. The fraction of sp³-hybridized carbons (Fsp3) is 0.448. The first-order valence-electron chi connectivity index (χ1n) is 14.1. The lowest BCUT2D eigenvalue weighted by molar-refractivity contribution is -0.0253. The number of piperidine rings is 1. The molecule has 5 heterocycles. The monoisotopic (exact) mass is 618 g/mol. The Labute approximate surface area is 247 Å². The molecule has 15 heteroatoms. The highest BCUT2D eigenvalue weighted by atomic mass is 19.2. The summed E-state index contributed by atoms with van der Waals surface area (Å²) in [6, 6.07) is 0.960. The van der Waals surface area contributed by atoms with Gasteiger partial charge >= 0.3 is 12.1 Å². The molecule has 0 aliphatic carbocycles. The van der Waals surface area contributed by atoms with E-state index in [2.05, 4.69) is 4.98 Å². The van der Waals surface area contributed by atoms with Crippen molar-refractivity contribution in [3.8, 4) is 5.75 Å². The van der Waals surface area contributed by atoms with Crippen LogP contribution in [-0.4, -0.2) is 81.5 Å². The van der Waals surface area contributed by atoms with Gasteiger partial charge in [0.2, 0.25) is 17.1 Å². The van der Waals surface area contributed by atoms with Crippen LogP contribution in [0.1, 0.15) is 48.1 Å². The quantitative estimate of drug-likeness (QED) is 0.360. The van der Waals surface area contributed by atoms with E-state index in [4.69, 9.17) is 14.6 Å². The molecule has 6 rings (SSSR count). The van der Waals surface area contributed by atoms with Crippen LogP contribution in [0.4, 0.5) is 29.5 Å². The van der Waals surface area contributed by atoms with E-state index in [1.54, 1.807) is 9.47 Å². The Kier molecular flexibility index (Phi) is 7.40. The molecule has 1 amide bonds. The maximum atomic E-state index is 15.6. The van der Waals surface area contributed by atoms with Gasteiger partial charge in [-0.1, -0.05) is 0 Å². The molecule has 234 valence electrons. The standard InChI is InChI=1S/C29H29F3N4O8/c1-14-2-3-16-23-17(25(38)18(27(39)40)11-35(14)23)8-19(30)24(16)34-6-4-29(42,5-7-34)13-43-20-9-33-26(22(32)21(20)31)36-10-15(12-37)44-28(36)41/h8-9,11,14-15,37,42H,2-7,10,12-13H2,1H3,(H,39,40)/t14-,15+/m0/s1. The summed E-state index contributed by atoms with van der Waals surface area (Å²) in [7, 11) is 0. The van der Waals surface area contributed by atoms with E-state index in [1.165, 1.54) is 6.20 Å². The van der Waals surface area contributed by atoms with Crippen LogP contribution in [0.3, 0.4) is 0 Å². The van der Waals surface area contributed by atoms with Gasteiger partial charge in [-0.15, -0.1) is 0 Å². The lowest BCUT2D eigenvalue weighted by atomic mass is 9.89. The van der Waals surface area contributed by atoms with Gasteiger partial charge in [0.15, 0.2) is 11.6 Å². The maximum absolute atomic E-state index is 15.6. The average Bonchev–Trinajstić information content (AvgIpc) is 3.37. The van der Waals surface area contributed by atoms with E-state index >= 15 is 4.39 Å². The predicted molar refractivity (Wildman–Crippen MR) is 149 cm³/mol. The summed E-state index contributed by atoms with van der Waals surface area (Å²) in [6.45, 7) is 1.13. The smallest absolute Gasteiger partial charge is 0.416 e. The molecule has 12 nitrogen and oxygen atoms in total. The third kappa shape index (κ3) is 4.89. The van der Waals surface area contributed by atoms with Gasteiger partial charge in [0.25, 0.3) is 0 Å². The van der Waals surface area contributed by atoms with Crippen molar-refractivity contribution in [3.63, 3.8) is 0 Å². The first kappa shape index (κ1) is 29.7. The van der Waals surface area contributed by atoms with E-state index in [-0.39, 0.29) is 49.6 Å². The number of amides is 1. The molecule has 3 N–H and O–H groups in total. The van der Waals surface area contributed by atoms with E-state index in [1.807, 2.05) is 6.92 Å². The minimum absolute atomic E-state index is 0.00154. The van der Waals surface area contributed by atoms with Crippen molar-refractivity contribution in [3.05, 3.63) is 57.3 Å². The molecule has 3 aliphatic rings. The van der Waals surface area contributed by atoms with Gasteiger partial charge in [0.05, 0.1) is 30.6 Å². The van der Waals surface area contributed by atoms with Gasteiger partial charge in [0, 0.05) is 36.3 Å². The number of cyclic esters (lactones) is 1. The number of hydrogen-bond acceptors (Lipinski definition) is 9. The second-order valence-corrected chi connectivity index (χ2v) is 11.4. The molecule has 3 aliphatic heterocycles. The van der Waals surface area contributed by atoms with Crippen LogP contribution in [0.25, 0.3) is 10.9 Å². The molecular formula is C29H29F3N4O8. The lowest BCUT2D eigenvalue weighted by Crippen LogP contribution is -2.48. The minimum Gasteiger partial charge on any atom is -0.486 e. The zero-order valence-electron chi connectivity index (χ0n) is 23.6. The largest absolute Gasteiger partial charge is 0.486 e. The molecule has 0 spiro atoms. The van der Waals surface area contributed by atoms with Gasteiger partial charge in [-0.05, 0) is 38.7 Å². The van der Waals surface area contributed by atoms with Crippen molar-refractivity contribution in [2.24, 2.45) is 0 Å². The van der Waals surface area contributed by atoms with Gasteiger partial charge < -0.3 is 34.3 Å². The number of aliphatic hydroxyl groups is 2. The highest BCUT2D eigenvalue weighted by Crippen LogP contribution is 2.40.